The second kappa shape index (κ2) is 3.15. The van der Waals surface area contributed by atoms with Gasteiger partial charge in [0.25, 0.3) is 0 Å². The van der Waals surface area contributed by atoms with Crippen LogP contribution in [0.15, 0.2) is 0 Å². The lowest BCUT2D eigenvalue weighted by molar-refractivity contribution is -0.122. The van der Waals surface area contributed by atoms with Gasteiger partial charge in [-0.05, 0) is 19.9 Å². The zero-order valence-corrected chi connectivity index (χ0v) is 6.68. The summed E-state index contributed by atoms with van der Waals surface area (Å²) in [7, 11) is 0. The summed E-state index contributed by atoms with van der Waals surface area (Å²) in [6, 6.07) is 0.410. The van der Waals surface area contributed by atoms with Crippen molar-refractivity contribution in [3.05, 3.63) is 0 Å². The molecule has 1 N–H and O–H groups in total. The van der Waals surface area contributed by atoms with E-state index in [0.29, 0.717) is 24.2 Å². The molecule has 2 unspecified atom stereocenters. The Morgan fingerprint density at radius 2 is 2.40 bits per heavy atom. The van der Waals surface area contributed by atoms with Gasteiger partial charge in [-0.1, -0.05) is 6.92 Å². The maximum absolute atomic E-state index is 11.2. The van der Waals surface area contributed by atoms with Crippen molar-refractivity contribution in [1.29, 1.82) is 0 Å². The Bertz CT molecular complexity index is 133. The third kappa shape index (κ3) is 1.37. The molecule has 1 fully saturated rings. The van der Waals surface area contributed by atoms with E-state index in [1.165, 1.54) is 0 Å². The fourth-order valence-corrected chi connectivity index (χ4v) is 1.56. The van der Waals surface area contributed by atoms with Gasteiger partial charge in [0.05, 0.1) is 0 Å². The SMILES string of the molecule is CCC(=O)C1CCNC1C. The van der Waals surface area contributed by atoms with Gasteiger partial charge in [-0.3, -0.25) is 4.79 Å². The third-order valence-electron chi connectivity index (χ3n) is 2.29. The van der Waals surface area contributed by atoms with Gasteiger partial charge in [-0.25, -0.2) is 0 Å². The summed E-state index contributed by atoms with van der Waals surface area (Å²) in [4.78, 5) is 11.2. The van der Waals surface area contributed by atoms with Crippen molar-refractivity contribution in [2.75, 3.05) is 6.54 Å². The van der Waals surface area contributed by atoms with E-state index < -0.39 is 0 Å². The minimum atomic E-state index is 0.296. The highest BCUT2D eigenvalue weighted by Gasteiger charge is 2.27. The Morgan fingerprint density at radius 1 is 1.70 bits per heavy atom. The van der Waals surface area contributed by atoms with Crippen molar-refractivity contribution in [1.82, 2.24) is 5.32 Å². The van der Waals surface area contributed by atoms with Crippen LogP contribution in [0, 0.1) is 5.92 Å². The molecule has 0 aromatic rings. The van der Waals surface area contributed by atoms with Crippen molar-refractivity contribution in [3.8, 4) is 0 Å². The first kappa shape index (κ1) is 7.73. The average Bonchev–Trinajstić information content (AvgIpc) is 2.34. The molecule has 1 aliphatic rings. The number of ketones is 1. The van der Waals surface area contributed by atoms with Crippen LogP contribution in [0.1, 0.15) is 26.7 Å². The molecule has 1 heterocycles. The highest BCUT2D eigenvalue weighted by molar-refractivity contribution is 5.81. The Balaban J connectivity index is 2.46. The molecule has 0 saturated carbocycles. The van der Waals surface area contributed by atoms with Crippen molar-refractivity contribution in [2.24, 2.45) is 5.92 Å². The van der Waals surface area contributed by atoms with Gasteiger partial charge in [0.1, 0.15) is 5.78 Å². The third-order valence-corrected chi connectivity index (χ3v) is 2.29. The average molecular weight is 141 g/mol. The first-order valence-corrected chi connectivity index (χ1v) is 4.01. The lowest BCUT2D eigenvalue weighted by Crippen LogP contribution is -2.27. The summed E-state index contributed by atoms with van der Waals surface area (Å²) >= 11 is 0. The lowest BCUT2D eigenvalue weighted by Gasteiger charge is -2.11. The van der Waals surface area contributed by atoms with Crippen molar-refractivity contribution in [2.45, 2.75) is 32.7 Å². The van der Waals surface area contributed by atoms with Gasteiger partial charge in [-0.15, -0.1) is 0 Å². The predicted octanol–water partition coefficient (Wildman–Crippen LogP) is 0.964. The highest BCUT2D eigenvalue weighted by Crippen LogP contribution is 2.16. The minimum absolute atomic E-state index is 0.296. The normalized spacial score (nSPS) is 32.6. The molecule has 1 aliphatic heterocycles. The van der Waals surface area contributed by atoms with E-state index in [2.05, 4.69) is 12.2 Å². The van der Waals surface area contributed by atoms with E-state index >= 15 is 0 Å². The molecule has 58 valence electrons. The second-order valence-corrected chi connectivity index (χ2v) is 2.96. The van der Waals surface area contributed by atoms with Crippen LogP contribution >= 0.6 is 0 Å². The number of Topliss-reactive ketones (excluding diaryl/α,β-unsaturated/α-hetero) is 1. The molecule has 1 saturated heterocycles. The number of carbonyl (C=O) groups excluding carboxylic acids is 1. The van der Waals surface area contributed by atoms with Crippen molar-refractivity contribution in [3.63, 3.8) is 0 Å². The summed E-state index contributed by atoms with van der Waals surface area (Å²) in [5, 5.41) is 3.26. The second-order valence-electron chi connectivity index (χ2n) is 2.96. The van der Waals surface area contributed by atoms with Crippen molar-refractivity contribution < 1.29 is 4.79 Å². The monoisotopic (exact) mass is 141 g/mol. The van der Waals surface area contributed by atoms with E-state index in [0.717, 1.165) is 13.0 Å². The van der Waals surface area contributed by atoms with Crippen LogP contribution in [0.2, 0.25) is 0 Å². The molecular weight excluding hydrogens is 126 g/mol. The van der Waals surface area contributed by atoms with Crippen LogP contribution in [0.5, 0.6) is 0 Å². The smallest absolute Gasteiger partial charge is 0.137 e. The number of hydrogen-bond donors (Lipinski definition) is 1. The molecule has 2 heteroatoms. The largest absolute Gasteiger partial charge is 0.314 e. The van der Waals surface area contributed by atoms with Gasteiger partial charge >= 0.3 is 0 Å². The molecule has 1 rings (SSSR count). The Morgan fingerprint density at radius 3 is 2.80 bits per heavy atom. The summed E-state index contributed by atoms with van der Waals surface area (Å²) < 4.78 is 0. The quantitative estimate of drug-likeness (QED) is 0.620. The minimum Gasteiger partial charge on any atom is -0.314 e. The molecular formula is C8H15NO. The van der Waals surface area contributed by atoms with Crippen LogP contribution in [0.25, 0.3) is 0 Å². The Hall–Kier alpha value is -0.370. The van der Waals surface area contributed by atoms with Gasteiger partial charge in [0.15, 0.2) is 0 Å². The molecule has 0 aromatic heterocycles. The van der Waals surface area contributed by atoms with Gasteiger partial charge in [-0.2, -0.15) is 0 Å². The van der Waals surface area contributed by atoms with E-state index in [1.54, 1.807) is 0 Å². The standard InChI is InChI=1S/C8H15NO/c1-3-8(10)7-4-5-9-6(7)2/h6-7,9H,3-5H2,1-2H3. The van der Waals surface area contributed by atoms with Crippen LogP contribution in [0.4, 0.5) is 0 Å². The molecule has 10 heavy (non-hydrogen) atoms. The van der Waals surface area contributed by atoms with Crippen LogP contribution in [0.3, 0.4) is 0 Å². The molecule has 0 bridgehead atoms. The number of hydrogen-bond acceptors (Lipinski definition) is 2. The van der Waals surface area contributed by atoms with E-state index in [9.17, 15) is 4.79 Å². The fraction of sp³-hybridized carbons (Fsp3) is 0.875. The topological polar surface area (TPSA) is 29.1 Å². The number of carbonyl (C=O) groups is 1. The first-order valence-electron chi connectivity index (χ1n) is 4.01. The number of rotatable bonds is 2. The van der Waals surface area contributed by atoms with E-state index in [-0.39, 0.29) is 0 Å². The zero-order valence-electron chi connectivity index (χ0n) is 6.68. The predicted molar refractivity (Wildman–Crippen MR) is 40.9 cm³/mol. The number of nitrogens with one attached hydrogen (secondary N) is 1. The maximum Gasteiger partial charge on any atom is 0.137 e. The van der Waals surface area contributed by atoms with Gasteiger partial charge in [0.2, 0.25) is 0 Å². The summed E-state index contributed by atoms with van der Waals surface area (Å²) in [5.41, 5.74) is 0. The molecule has 0 amide bonds. The Kier molecular flexibility index (Phi) is 2.44. The zero-order chi connectivity index (χ0) is 7.56. The summed E-state index contributed by atoms with van der Waals surface area (Å²) in [6.45, 7) is 5.04. The van der Waals surface area contributed by atoms with Crippen LogP contribution < -0.4 is 5.32 Å². The van der Waals surface area contributed by atoms with Crippen LogP contribution in [-0.4, -0.2) is 18.4 Å². The lowest BCUT2D eigenvalue weighted by atomic mass is 9.95. The van der Waals surface area contributed by atoms with Crippen LogP contribution in [-0.2, 0) is 4.79 Å². The highest BCUT2D eigenvalue weighted by atomic mass is 16.1. The first-order chi connectivity index (χ1) is 4.75. The molecule has 0 aliphatic carbocycles. The fourth-order valence-electron chi connectivity index (χ4n) is 1.56. The van der Waals surface area contributed by atoms with Gasteiger partial charge in [0, 0.05) is 18.4 Å². The molecule has 0 aromatic carbocycles. The molecule has 0 radical (unpaired) electrons. The summed E-state index contributed by atoms with van der Waals surface area (Å²) in [6.07, 6.45) is 1.73. The Labute approximate surface area is 62.0 Å². The molecule has 2 nitrogen and oxygen atoms in total. The summed E-state index contributed by atoms with van der Waals surface area (Å²) in [5.74, 6) is 0.711. The van der Waals surface area contributed by atoms with Gasteiger partial charge < -0.3 is 5.32 Å². The molecule has 0 spiro atoms. The maximum atomic E-state index is 11.2. The van der Waals surface area contributed by atoms with Crippen molar-refractivity contribution >= 4 is 5.78 Å². The van der Waals surface area contributed by atoms with E-state index in [1.807, 2.05) is 6.92 Å². The molecule has 2 atom stereocenters. The van der Waals surface area contributed by atoms with E-state index in [4.69, 9.17) is 0 Å².